The number of carbonyl (C=O) groups is 1. The van der Waals surface area contributed by atoms with Gasteiger partial charge in [0.1, 0.15) is 0 Å². The van der Waals surface area contributed by atoms with Gasteiger partial charge >= 0.3 is 0 Å². The molecule has 1 amide bonds. The minimum Gasteiger partial charge on any atom is -0.385 e. The van der Waals surface area contributed by atoms with Crippen molar-refractivity contribution < 1.29 is 9.53 Å². The van der Waals surface area contributed by atoms with E-state index in [0.717, 1.165) is 37.5 Å². The SMILES string of the molecule is CCCNC(CSCCCOC)C(N)=O. The number of hydrogen-bond donors (Lipinski definition) is 2. The number of rotatable bonds is 10. The van der Waals surface area contributed by atoms with Crippen molar-refractivity contribution in [3.05, 3.63) is 0 Å². The van der Waals surface area contributed by atoms with Crippen LogP contribution >= 0.6 is 11.8 Å². The molecule has 15 heavy (non-hydrogen) atoms. The Labute approximate surface area is 96.3 Å². The Morgan fingerprint density at radius 2 is 2.33 bits per heavy atom. The van der Waals surface area contributed by atoms with E-state index in [1.54, 1.807) is 18.9 Å². The molecule has 0 saturated heterocycles. The summed E-state index contributed by atoms with van der Waals surface area (Å²) in [4.78, 5) is 11.0. The molecule has 4 nitrogen and oxygen atoms in total. The lowest BCUT2D eigenvalue weighted by atomic mass is 10.3. The summed E-state index contributed by atoms with van der Waals surface area (Å²) in [6.07, 6.45) is 2.03. The molecule has 5 heteroatoms. The van der Waals surface area contributed by atoms with Crippen molar-refractivity contribution in [3.63, 3.8) is 0 Å². The van der Waals surface area contributed by atoms with Crippen LogP contribution < -0.4 is 11.1 Å². The largest absolute Gasteiger partial charge is 0.385 e. The number of carbonyl (C=O) groups excluding carboxylic acids is 1. The zero-order valence-corrected chi connectivity index (χ0v) is 10.4. The van der Waals surface area contributed by atoms with Crippen LogP contribution in [0.25, 0.3) is 0 Å². The van der Waals surface area contributed by atoms with E-state index in [9.17, 15) is 4.79 Å². The third-order valence-electron chi connectivity index (χ3n) is 1.91. The van der Waals surface area contributed by atoms with Crippen LogP contribution in [0.5, 0.6) is 0 Å². The molecule has 1 atom stereocenters. The van der Waals surface area contributed by atoms with Crippen LogP contribution in [0.3, 0.4) is 0 Å². The summed E-state index contributed by atoms with van der Waals surface area (Å²) in [6.45, 7) is 3.68. The monoisotopic (exact) mass is 234 g/mol. The number of thioether (sulfide) groups is 1. The van der Waals surface area contributed by atoms with Crippen molar-refractivity contribution in [2.24, 2.45) is 5.73 Å². The summed E-state index contributed by atoms with van der Waals surface area (Å²) in [5.41, 5.74) is 5.28. The van der Waals surface area contributed by atoms with Crippen LogP contribution in [0.4, 0.5) is 0 Å². The van der Waals surface area contributed by atoms with Crippen LogP contribution in [0.15, 0.2) is 0 Å². The van der Waals surface area contributed by atoms with Gasteiger partial charge < -0.3 is 15.8 Å². The van der Waals surface area contributed by atoms with Crippen molar-refractivity contribution in [1.82, 2.24) is 5.32 Å². The van der Waals surface area contributed by atoms with E-state index in [0.29, 0.717) is 0 Å². The van der Waals surface area contributed by atoms with Gasteiger partial charge in [-0.25, -0.2) is 0 Å². The van der Waals surface area contributed by atoms with Crippen LogP contribution in [0.2, 0.25) is 0 Å². The lowest BCUT2D eigenvalue weighted by molar-refractivity contribution is -0.119. The van der Waals surface area contributed by atoms with Crippen molar-refractivity contribution in [2.45, 2.75) is 25.8 Å². The quantitative estimate of drug-likeness (QED) is 0.544. The average molecular weight is 234 g/mol. The molecule has 0 aromatic carbocycles. The second-order valence-electron chi connectivity index (χ2n) is 3.33. The van der Waals surface area contributed by atoms with Crippen molar-refractivity contribution in [2.75, 3.05) is 31.8 Å². The predicted octanol–water partition coefficient (Wildman–Crippen LogP) is 0.610. The van der Waals surface area contributed by atoms with Crippen LogP contribution in [0.1, 0.15) is 19.8 Å². The van der Waals surface area contributed by atoms with Crippen LogP contribution in [0, 0.1) is 0 Å². The summed E-state index contributed by atoms with van der Waals surface area (Å²) in [5, 5.41) is 3.13. The highest BCUT2D eigenvalue weighted by Gasteiger charge is 2.13. The summed E-state index contributed by atoms with van der Waals surface area (Å²) in [5.74, 6) is 1.49. The fourth-order valence-corrected chi connectivity index (χ4v) is 2.07. The Balaban J connectivity index is 3.53. The van der Waals surface area contributed by atoms with Gasteiger partial charge in [0.05, 0.1) is 6.04 Å². The van der Waals surface area contributed by atoms with Crippen molar-refractivity contribution >= 4 is 17.7 Å². The highest BCUT2D eigenvalue weighted by molar-refractivity contribution is 7.99. The molecule has 90 valence electrons. The van der Waals surface area contributed by atoms with Crippen LogP contribution in [-0.4, -0.2) is 43.7 Å². The molecule has 0 heterocycles. The minimum absolute atomic E-state index is 0.197. The van der Waals surface area contributed by atoms with Gasteiger partial charge in [-0.2, -0.15) is 11.8 Å². The number of nitrogens with one attached hydrogen (secondary N) is 1. The Hall–Kier alpha value is -0.260. The molecule has 0 spiro atoms. The molecule has 0 aromatic rings. The highest BCUT2D eigenvalue weighted by atomic mass is 32.2. The van der Waals surface area contributed by atoms with Gasteiger partial charge in [-0.3, -0.25) is 4.79 Å². The molecule has 0 bridgehead atoms. The van der Waals surface area contributed by atoms with E-state index in [1.807, 2.05) is 0 Å². The molecule has 0 rings (SSSR count). The highest BCUT2D eigenvalue weighted by Crippen LogP contribution is 2.05. The van der Waals surface area contributed by atoms with E-state index >= 15 is 0 Å². The molecule has 1 unspecified atom stereocenters. The lowest BCUT2D eigenvalue weighted by Gasteiger charge is -2.14. The third kappa shape index (κ3) is 8.72. The number of hydrogen-bond acceptors (Lipinski definition) is 4. The van der Waals surface area contributed by atoms with E-state index in [2.05, 4.69) is 12.2 Å². The summed E-state index contributed by atoms with van der Waals surface area (Å²) in [7, 11) is 1.69. The van der Waals surface area contributed by atoms with Gasteiger partial charge in [0.15, 0.2) is 0 Å². The van der Waals surface area contributed by atoms with Gasteiger partial charge in [0.25, 0.3) is 0 Å². The zero-order valence-electron chi connectivity index (χ0n) is 9.62. The molecule has 0 aliphatic carbocycles. The minimum atomic E-state index is -0.261. The van der Waals surface area contributed by atoms with Gasteiger partial charge in [-0.15, -0.1) is 0 Å². The maximum absolute atomic E-state index is 11.0. The molecular formula is C10H22N2O2S. The second-order valence-corrected chi connectivity index (χ2v) is 4.48. The first-order chi connectivity index (χ1) is 7.22. The molecule has 0 aliphatic rings. The Kier molecular flexibility index (Phi) is 10.1. The molecule has 3 N–H and O–H groups in total. The average Bonchev–Trinajstić information content (AvgIpc) is 2.21. The number of nitrogens with two attached hydrogens (primary N) is 1. The molecule has 0 aromatic heterocycles. The number of primary amides is 1. The molecular weight excluding hydrogens is 212 g/mol. The van der Waals surface area contributed by atoms with E-state index in [1.165, 1.54) is 0 Å². The third-order valence-corrected chi connectivity index (χ3v) is 3.05. The normalized spacial score (nSPS) is 12.7. The van der Waals surface area contributed by atoms with E-state index in [4.69, 9.17) is 10.5 Å². The first-order valence-corrected chi connectivity index (χ1v) is 6.47. The predicted molar refractivity (Wildman–Crippen MR) is 65.1 cm³/mol. The molecule has 0 radical (unpaired) electrons. The molecule has 0 aliphatic heterocycles. The maximum atomic E-state index is 11.0. The van der Waals surface area contributed by atoms with E-state index < -0.39 is 0 Å². The molecule has 0 fully saturated rings. The van der Waals surface area contributed by atoms with E-state index in [-0.39, 0.29) is 11.9 Å². The Morgan fingerprint density at radius 1 is 1.60 bits per heavy atom. The number of amides is 1. The van der Waals surface area contributed by atoms with Crippen LogP contribution in [-0.2, 0) is 9.53 Å². The Bertz CT molecular complexity index is 168. The standard InChI is InChI=1S/C10H22N2O2S/c1-3-5-12-9(10(11)13)8-15-7-4-6-14-2/h9,12H,3-8H2,1-2H3,(H2,11,13). The van der Waals surface area contributed by atoms with Gasteiger partial charge in [-0.1, -0.05) is 6.92 Å². The topological polar surface area (TPSA) is 64.3 Å². The first kappa shape index (κ1) is 14.7. The maximum Gasteiger partial charge on any atom is 0.235 e. The number of methoxy groups -OCH3 is 1. The summed E-state index contributed by atoms with van der Waals surface area (Å²) in [6, 6.07) is -0.197. The van der Waals surface area contributed by atoms with Crippen molar-refractivity contribution in [1.29, 1.82) is 0 Å². The van der Waals surface area contributed by atoms with Crippen molar-refractivity contribution in [3.8, 4) is 0 Å². The van der Waals surface area contributed by atoms with Gasteiger partial charge in [0, 0.05) is 19.5 Å². The summed E-state index contributed by atoms with van der Waals surface area (Å²) < 4.78 is 4.94. The second kappa shape index (κ2) is 10.3. The molecule has 0 saturated carbocycles. The Morgan fingerprint density at radius 3 is 2.87 bits per heavy atom. The summed E-state index contributed by atoms with van der Waals surface area (Å²) >= 11 is 1.74. The smallest absolute Gasteiger partial charge is 0.235 e. The first-order valence-electron chi connectivity index (χ1n) is 5.31. The number of ether oxygens (including phenoxy) is 1. The van der Waals surface area contributed by atoms with Gasteiger partial charge in [-0.05, 0) is 25.1 Å². The zero-order chi connectivity index (χ0) is 11.5. The fraction of sp³-hybridized carbons (Fsp3) is 0.900. The van der Waals surface area contributed by atoms with Gasteiger partial charge in [0.2, 0.25) is 5.91 Å². The lowest BCUT2D eigenvalue weighted by Crippen LogP contribution is -2.43. The fourth-order valence-electron chi connectivity index (χ4n) is 1.07.